The van der Waals surface area contributed by atoms with Crippen LogP contribution in [0.15, 0.2) is 61.3 Å². The van der Waals surface area contributed by atoms with E-state index in [2.05, 4.69) is 25.3 Å². The van der Waals surface area contributed by atoms with Crippen molar-refractivity contribution in [3.05, 3.63) is 72.6 Å². The normalized spacial score (nSPS) is 15.1. The SMILES string of the molecule is Cc1cc(Nc2ncnc3cccc(OCC4CCCN4C(=O)CO)c23)ccc1OCc1cnccn1. The van der Waals surface area contributed by atoms with Gasteiger partial charge in [0, 0.05) is 24.6 Å². The molecule has 1 aliphatic rings. The number of rotatable bonds is 9. The van der Waals surface area contributed by atoms with Crippen LogP contribution in [0.5, 0.6) is 11.5 Å². The summed E-state index contributed by atoms with van der Waals surface area (Å²) in [7, 11) is 0. The summed E-state index contributed by atoms with van der Waals surface area (Å²) in [4.78, 5) is 30.9. The van der Waals surface area contributed by atoms with E-state index < -0.39 is 6.61 Å². The van der Waals surface area contributed by atoms with Gasteiger partial charge in [0.15, 0.2) is 0 Å². The molecule has 0 aliphatic carbocycles. The number of amides is 1. The lowest BCUT2D eigenvalue weighted by molar-refractivity contribution is -0.135. The molecule has 1 saturated heterocycles. The van der Waals surface area contributed by atoms with E-state index in [4.69, 9.17) is 9.47 Å². The average molecular weight is 501 g/mol. The van der Waals surface area contributed by atoms with E-state index in [-0.39, 0.29) is 11.9 Å². The third-order valence-electron chi connectivity index (χ3n) is 6.32. The van der Waals surface area contributed by atoms with Gasteiger partial charge in [0.1, 0.15) is 43.5 Å². The van der Waals surface area contributed by atoms with Crippen molar-refractivity contribution in [3.8, 4) is 11.5 Å². The molecule has 1 amide bonds. The molecule has 4 aromatic rings. The van der Waals surface area contributed by atoms with E-state index >= 15 is 0 Å². The maximum absolute atomic E-state index is 12.0. The Morgan fingerprint density at radius 3 is 2.86 bits per heavy atom. The number of carbonyl (C=O) groups is 1. The van der Waals surface area contributed by atoms with Crippen LogP contribution in [0.1, 0.15) is 24.1 Å². The molecule has 37 heavy (non-hydrogen) atoms. The van der Waals surface area contributed by atoms with E-state index in [0.717, 1.165) is 46.4 Å². The summed E-state index contributed by atoms with van der Waals surface area (Å²) in [5, 5.41) is 13.4. The Kier molecular flexibility index (Phi) is 7.36. The number of carbonyl (C=O) groups excluding carboxylic acids is 1. The number of aliphatic hydroxyl groups is 1. The first-order chi connectivity index (χ1) is 18.1. The predicted molar refractivity (Wildman–Crippen MR) is 138 cm³/mol. The fourth-order valence-electron chi connectivity index (χ4n) is 4.49. The molecule has 2 N–H and O–H groups in total. The molecule has 190 valence electrons. The van der Waals surface area contributed by atoms with Crippen molar-refractivity contribution in [2.24, 2.45) is 0 Å². The third-order valence-corrected chi connectivity index (χ3v) is 6.32. The Hall–Kier alpha value is -4.31. The van der Waals surface area contributed by atoms with Crippen molar-refractivity contribution in [3.63, 3.8) is 0 Å². The van der Waals surface area contributed by atoms with Crippen molar-refractivity contribution in [1.82, 2.24) is 24.8 Å². The number of nitrogens with zero attached hydrogens (tertiary/aromatic N) is 5. The van der Waals surface area contributed by atoms with Gasteiger partial charge >= 0.3 is 0 Å². The highest BCUT2D eigenvalue weighted by Crippen LogP contribution is 2.33. The van der Waals surface area contributed by atoms with Gasteiger partial charge in [0.05, 0.1) is 28.8 Å². The van der Waals surface area contributed by atoms with Gasteiger partial charge in [0.25, 0.3) is 0 Å². The van der Waals surface area contributed by atoms with E-state index in [1.165, 1.54) is 6.33 Å². The zero-order chi connectivity index (χ0) is 25.6. The van der Waals surface area contributed by atoms with Crippen molar-refractivity contribution < 1.29 is 19.4 Å². The Labute approximate surface area is 214 Å². The second kappa shape index (κ2) is 11.2. The Morgan fingerprint density at radius 2 is 2.05 bits per heavy atom. The summed E-state index contributed by atoms with van der Waals surface area (Å²) < 4.78 is 12.1. The molecule has 2 aromatic heterocycles. The highest BCUT2D eigenvalue weighted by molar-refractivity contribution is 5.95. The molecule has 0 radical (unpaired) electrons. The van der Waals surface area contributed by atoms with Gasteiger partial charge in [-0.05, 0) is 55.7 Å². The van der Waals surface area contributed by atoms with Crippen LogP contribution in [0.4, 0.5) is 11.5 Å². The largest absolute Gasteiger partial charge is 0.491 e. The minimum absolute atomic E-state index is 0.0759. The third kappa shape index (κ3) is 5.59. The van der Waals surface area contributed by atoms with Gasteiger partial charge in [-0.1, -0.05) is 6.07 Å². The average Bonchev–Trinajstić information content (AvgIpc) is 3.40. The number of nitrogens with one attached hydrogen (secondary N) is 1. The number of hydrogen-bond acceptors (Lipinski definition) is 9. The highest BCUT2D eigenvalue weighted by atomic mass is 16.5. The van der Waals surface area contributed by atoms with Crippen molar-refractivity contribution in [2.75, 3.05) is 25.1 Å². The monoisotopic (exact) mass is 500 g/mol. The van der Waals surface area contributed by atoms with Gasteiger partial charge in [-0.2, -0.15) is 0 Å². The number of aliphatic hydroxyl groups excluding tert-OH is 1. The highest BCUT2D eigenvalue weighted by Gasteiger charge is 2.29. The molecule has 0 saturated carbocycles. The van der Waals surface area contributed by atoms with Crippen LogP contribution in [0, 0.1) is 6.92 Å². The first-order valence-electron chi connectivity index (χ1n) is 12.1. The minimum atomic E-state index is -0.490. The smallest absolute Gasteiger partial charge is 0.248 e. The fraction of sp³-hybridized carbons (Fsp3) is 0.296. The number of aryl methyl sites for hydroxylation is 1. The molecule has 0 bridgehead atoms. The molecular formula is C27H28N6O4. The number of aromatic nitrogens is 4. The Balaban J connectivity index is 1.33. The molecule has 1 aliphatic heterocycles. The molecule has 3 heterocycles. The first-order valence-corrected chi connectivity index (χ1v) is 12.1. The van der Waals surface area contributed by atoms with E-state index in [9.17, 15) is 9.90 Å². The van der Waals surface area contributed by atoms with Crippen LogP contribution < -0.4 is 14.8 Å². The van der Waals surface area contributed by atoms with Crippen LogP contribution >= 0.6 is 0 Å². The summed E-state index contributed by atoms with van der Waals surface area (Å²) in [6.45, 7) is 2.79. The van der Waals surface area contributed by atoms with Crippen molar-refractivity contribution >= 4 is 28.3 Å². The van der Waals surface area contributed by atoms with Crippen molar-refractivity contribution in [2.45, 2.75) is 32.4 Å². The maximum atomic E-state index is 12.0. The van der Waals surface area contributed by atoms with Gasteiger partial charge in [-0.25, -0.2) is 9.97 Å². The minimum Gasteiger partial charge on any atom is -0.491 e. The molecule has 2 aromatic carbocycles. The molecule has 1 unspecified atom stereocenters. The molecule has 10 heteroatoms. The number of ether oxygens (including phenoxy) is 2. The first kappa shape index (κ1) is 24.4. The Bertz CT molecular complexity index is 1380. The van der Waals surface area contributed by atoms with Gasteiger partial charge in [-0.3, -0.25) is 14.8 Å². The predicted octanol–water partition coefficient (Wildman–Crippen LogP) is 3.41. The number of likely N-dealkylation sites (tertiary alicyclic amines) is 1. The van der Waals surface area contributed by atoms with Crippen molar-refractivity contribution in [1.29, 1.82) is 0 Å². The van der Waals surface area contributed by atoms with Gasteiger partial charge < -0.3 is 24.8 Å². The summed E-state index contributed by atoms with van der Waals surface area (Å²) in [5.41, 5.74) is 3.30. The molecule has 0 spiro atoms. The summed E-state index contributed by atoms with van der Waals surface area (Å²) in [6.07, 6.45) is 8.19. The molecule has 1 fully saturated rings. The summed E-state index contributed by atoms with van der Waals surface area (Å²) in [6, 6.07) is 11.4. The van der Waals surface area contributed by atoms with Crippen LogP contribution in [-0.2, 0) is 11.4 Å². The summed E-state index contributed by atoms with van der Waals surface area (Å²) >= 11 is 0. The van der Waals surface area contributed by atoms with E-state index in [1.807, 2.05) is 43.3 Å². The molecule has 5 rings (SSSR count). The zero-order valence-corrected chi connectivity index (χ0v) is 20.5. The number of benzene rings is 2. The van der Waals surface area contributed by atoms with Crippen LogP contribution in [-0.4, -0.2) is 61.6 Å². The van der Waals surface area contributed by atoms with E-state index in [1.54, 1.807) is 23.5 Å². The molecule has 1 atom stereocenters. The van der Waals surface area contributed by atoms with Crippen LogP contribution in [0.3, 0.4) is 0 Å². The standard InChI is InChI=1S/C27H28N6O4/c1-18-12-19(7-8-23(18)36-15-20-13-28-9-10-29-20)32-27-26-22(30-17-31-27)5-2-6-24(26)37-16-21-4-3-11-33(21)25(35)14-34/h2,5-10,12-13,17,21,34H,3-4,11,14-16H2,1H3,(H,30,31,32). The lowest BCUT2D eigenvalue weighted by atomic mass is 10.1. The number of hydrogen-bond donors (Lipinski definition) is 2. The van der Waals surface area contributed by atoms with E-state index in [0.29, 0.717) is 31.3 Å². The second-order valence-corrected chi connectivity index (χ2v) is 8.82. The van der Waals surface area contributed by atoms with Crippen LogP contribution in [0.25, 0.3) is 10.9 Å². The fourth-order valence-corrected chi connectivity index (χ4v) is 4.49. The Morgan fingerprint density at radius 1 is 1.14 bits per heavy atom. The quantitative estimate of drug-likeness (QED) is 0.356. The lowest BCUT2D eigenvalue weighted by Gasteiger charge is -2.24. The number of fused-ring (bicyclic) bond motifs is 1. The topological polar surface area (TPSA) is 123 Å². The maximum Gasteiger partial charge on any atom is 0.248 e. The second-order valence-electron chi connectivity index (χ2n) is 8.82. The van der Waals surface area contributed by atoms with Gasteiger partial charge in [-0.15, -0.1) is 0 Å². The van der Waals surface area contributed by atoms with Crippen LogP contribution in [0.2, 0.25) is 0 Å². The summed E-state index contributed by atoms with van der Waals surface area (Å²) in [5.74, 6) is 1.73. The molecule has 10 nitrogen and oxygen atoms in total. The molecular weight excluding hydrogens is 472 g/mol. The zero-order valence-electron chi connectivity index (χ0n) is 20.5. The van der Waals surface area contributed by atoms with Gasteiger partial charge in [0.2, 0.25) is 5.91 Å². The lowest BCUT2D eigenvalue weighted by Crippen LogP contribution is -2.40. The number of anilines is 2.